The molecule has 142 valence electrons. The molecule has 2 aliphatic heterocycles. The van der Waals surface area contributed by atoms with Crippen LogP contribution in [0.25, 0.3) is 0 Å². The molecular weight excluding hydrogens is 342 g/mol. The van der Waals surface area contributed by atoms with Gasteiger partial charge in [0.25, 0.3) is 0 Å². The topological polar surface area (TPSA) is 58.3 Å². The van der Waals surface area contributed by atoms with Gasteiger partial charge in [-0.1, -0.05) is 24.3 Å². The molecule has 1 atom stereocenters. The van der Waals surface area contributed by atoms with Crippen molar-refractivity contribution in [3.63, 3.8) is 0 Å². The molecule has 1 amide bonds. The number of hydrogen-bond donors (Lipinski definition) is 0. The van der Waals surface area contributed by atoms with Gasteiger partial charge < -0.3 is 9.15 Å². The van der Waals surface area contributed by atoms with Crippen molar-refractivity contribution < 1.29 is 13.9 Å². The first-order valence-corrected chi connectivity index (χ1v) is 9.51. The maximum atomic E-state index is 13.0. The fraction of sp³-hybridized carbons (Fsp3) is 0.429. The number of morpholine rings is 1. The molecule has 0 radical (unpaired) electrons. The van der Waals surface area contributed by atoms with Crippen molar-refractivity contribution >= 4 is 11.6 Å². The maximum Gasteiger partial charge on any atom is 0.244 e. The van der Waals surface area contributed by atoms with Crippen LogP contribution in [0.15, 0.2) is 52.2 Å². The smallest absolute Gasteiger partial charge is 0.244 e. The zero-order valence-electron chi connectivity index (χ0n) is 15.6. The minimum absolute atomic E-state index is 0.0338. The maximum absolute atomic E-state index is 13.0. The molecule has 3 heterocycles. The van der Waals surface area contributed by atoms with Crippen LogP contribution in [-0.2, 0) is 9.53 Å². The molecule has 0 bridgehead atoms. The van der Waals surface area contributed by atoms with Crippen molar-refractivity contribution in [1.29, 1.82) is 0 Å². The van der Waals surface area contributed by atoms with E-state index in [-0.39, 0.29) is 11.9 Å². The summed E-state index contributed by atoms with van der Waals surface area (Å²) in [5.74, 6) is 0.813. The van der Waals surface area contributed by atoms with Crippen LogP contribution < -0.4 is 0 Å². The molecule has 1 unspecified atom stereocenters. The van der Waals surface area contributed by atoms with E-state index >= 15 is 0 Å². The number of aryl methyl sites for hydroxylation is 1. The lowest BCUT2D eigenvalue weighted by molar-refractivity contribution is -0.134. The van der Waals surface area contributed by atoms with E-state index in [0.717, 1.165) is 55.4 Å². The van der Waals surface area contributed by atoms with Crippen molar-refractivity contribution in [2.75, 3.05) is 32.8 Å². The Morgan fingerprint density at radius 3 is 2.74 bits per heavy atom. The molecule has 27 heavy (non-hydrogen) atoms. The van der Waals surface area contributed by atoms with Gasteiger partial charge in [0.2, 0.25) is 5.91 Å². The van der Waals surface area contributed by atoms with Crippen molar-refractivity contribution in [3.8, 4) is 0 Å². The highest BCUT2D eigenvalue weighted by Crippen LogP contribution is 2.34. The third kappa shape index (κ3) is 3.96. The second-order valence-electron chi connectivity index (χ2n) is 7.04. The fourth-order valence-corrected chi connectivity index (χ4v) is 3.70. The number of hydrogen-bond acceptors (Lipinski definition) is 5. The summed E-state index contributed by atoms with van der Waals surface area (Å²) in [6.07, 6.45) is 2.76. The molecule has 1 saturated heterocycles. The summed E-state index contributed by atoms with van der Waals surface area (Å²) in [6.45, 7) is 6.05. The average molecular weight is 367 g/mol. The van der Waals surface area contributed by atoms with Crippen LogP contribution in [0.1, 0.15) is 35.8 Å². The Bertz CT molecular complexity index is 810. The Balaban J connectivity index is 1.52. The molecule has 1 aromatic heterocycles. The van der Waals surface area contributed by atoms with E-state index in [1.165, 1.54) is 0 Å². The molecule has 1 fully saturated rings. The molecule has 6 heteroatoms. The number of furan rings is 1. The number of benzene rings is 1. The van der Waals surface area contributed by atoms with Gasteiger partial charge in [-0.15, -0.1) is 0 Å². The monoisotopic (exact) mass is 367 g/mol. The van der Waals surface area contributed by atoms with E-state index in [2.05, 4.69) is 24.0 Å². The molecule has 2 aliphatic rings. The molecule has 0 N–H and O–H groups in total. The minimum atomic E-state index is -0.174. The normalized spacial score (nSPS) is 20.7. The third-order valence-electron chi connectivity index (χ3n) is 5.24. The molecular formula is C21H25N3O3. The largest absolute Gasteiger partial charge is 0.467 e. The fourth-order valence-electron chi connectivity index (χ4n) is 3.70. The number of ether oxygens (including phenoxy) is 1. The lowest BCUT2D eigenvalue weighted by Crippen LogP contribution is -2.39. The van der Waals surface area contributed by atoms with Crippen molar-refractivity contribution in [3.05, 3.63) is 59.5 Å². The molecule has 0 saturated carbocycles. The standard InChI is InChI=1S/C21H25N3O3/c1-16-5-2-3-6-17(16)18-15-19(20-7-4-12-27-20)24(22-18)21(25)8-9-23-10-13-26-14-11-23/h2-7,12,19H,8-11,13-15H2,1H3. The van der Waals surface area contributed by atoms with Crippen LogP contribution >= 0.6 is 0 Å². The Hall–Kier alpha value is -2.44. The first kappa shape index (κ1) is 17.9. The van der Waals surface area contributed by atoms with Crippen LogP contribution in [0.2, 0.25) is 0 Å². The van der Waals surface area contributed by atoms with E-state index in [0.29, 0.717) is 12.8 Å². The Kier molecular flexibility index (Phi) is 5.36. The molecule has 2 aromatic rings. The van der Waals surface area contributed by atoms with E-state index < -0.39 is 0 Å². The highest BCUT2D eigenvalue weighted by atomic mass is 16.5. The zero-order valence-corrected chi connectivity index (χ0v) is 15.6. The predicted molar refractivity (Wildman–Crippen MR) is 103 cm³/mol. The van der Waals surface area contributed by atoms with Crippen LogP contribution in [0.3, 0.4) is 0 Å². The molecule has 4 rings (SSSR count). The lowest BCUT2D eigenvalue weighted by atomic mass is 9.99. The van der Waals surface area contributed by atoms with Crippen molar-refractivity contribution in [2.24, 2.45) is 5.10 Å². The molecule has 0 spiro atoms. The minimum Gasteiger partial charge on any atom is -0.467 e. The van der Waals surface area contributed by atoms with Gasteiger partial charge in [0.15, 0.2) is 0 Å². The van der Waals surface area contributed by atoms with Gasteiger partial charge in [0.05, 0.1) is 25.2 Å². The van der Waals surface area contributed by atoms with Gasteiger partial charge in [-0.25, -0.2) is 5.01 Å². The second-order valence-corrected chi connectivity index (χ2v) is 7.04. The highest BCUT2D eigenvalue weighted by molar-refractivity contribution is 6.04. The zero-order chi connectivity index (χ0) is 18.6. The number of carbonyl (C=O) groups excluding carboxylic acids is 1. The van der Waals surface area contributed by atoms with Gasteiger partial charge >= 0.3 is 0 Å². The predicted octanol–water partition coefficient (Wildman–Crippen LogP) is 2.99. The molecule has 0 aliphatic carbocycles. The number of carbonyl (C=O) groups is 1. The summed E-state index contributed by atoms with van der Waals surface area (Å²) < 4.78 is 11.0. The van der Waals surface area contributed by atoms with Crippen molar-refractivity contribution in [1.82, 2.24) is 9.91 Å². The summed E-state index contributed by atoms with van der Waals surface area (Å²) in [7, 11) is 0. The second kappa shape index (κ2) is 8.06. The first-order chi connectivity index (χ1) is 13.2. The summed E-state index contributed by atoms with van der Waals surface area (Å²) >= 11 is 0. The number of hydrazone groups is 1. The summed E-state index contributed by atoms with van der Waals surface area (Å²) in [5.41, 5.74) is 3.20. The van der Waals surface area contributed by atoms with Crippen molar-refractivity contribution in [2.45, 2.75) is 25.8 Å². The van der Waals surface area contributed by atoms with E-state index in [1.807, 2.05) is 24.3 Å². The highest BCUT2D eigenvalue weighted by Gasteiger charge is 2.35. The summed E-state index contributed by atoms with van der Waals surface area (Å²) in [5, 5.41) is 6.34. The van der Waals surface area contributed by atoms with E-state index in [1.54, 1.807) is 11.3 Å². The Morgan fingerprint density at radius 1 is 1.19 bits per heavy atom. The molecule has 1 aromatic carbocycles. The van der Waals surface area contributed by atoms with Gasteiger partial charge in [-0.2, -0.15) is 5.10 Å². The van der Waals surface area contributed by atoms with Crippen LogP contribution in [0.4, 0.5) is 0 Å². The van der Waals surface area contributed by atoms with Crippen LogP contribution in [0.5, 0.6) is 0 Å². The van der Waals surface area contributed by atoms with Crippen LogP contribution in [0, 0.1) is 6.92 Å². The Labute approximate surface area is 159 Å². The average Bonchev–Trinajstić information content (AvgIpc) is 3.37. The van der Waals surface area contributed by atoms with E-state index in [9.17, 15) is 4.79 Å². The number of amides is 1. The first-order valence-electron chi connectivity index (χ1n) is 9.51. The number of nitrogens with zero attached hydrogens (tertiary/aromatic N) is 3. The summed E-state index contributed by atoms with van der Waals surface area (Å²) in [6, 6.07) is 11.8. The van der Waals surface area contributed by atoms with Gasteiger partial charge in [0.1, 0.15) is 11.8 Å². The van der Waals surface area contributed by atoms with Crippen LogP contribution in [-0.4, -0.2) is 54.4 Å². The Morgan fingerprint density at radius 2 is 2.00 bits per heavy atom. The summed E-state index contributed by atoms with van der Waals surface area (Å²) in [4.78, 5) is 15.2. The number of rotatable bonds is 5. The van der Waals surface area contributed by atoms with E-state index in [4.69, 9.17) is 14.3 Å². The van der Waals surface area contributed by atoms with Gasteiger partial charge in [-0.05, 0) is 24.6 Å². The molecule has 6 nitrogen and oxygen atoms in total. The lowest BCUT2D eigenvalue weighted by Gasteiger charge is -2.27. The SMILES string of the molecule is Cc1ccccc1C1=NN(C(=O)CCN2CCOCC2)C(c2ccco2)C1. The quantitative estimate of drug-likeness (QED) is 0.815. The third-order valence-corrected chi connectivity index (χ3v) is 5.24. The van der Waals surface area contributed by atoms with Gasteiger partial charge in [0, 0.05) is 38.0 Å². The van der Waals surface area contributed by atoms with Gasteiger partial charge in [-0.3, -0.25) is 9.69 Å².